The van der Waals surface area contributed by atoms with Gasteiger partial charge in [0.05, 0.1) is 13.2 Å². The van der Waals surface area contributed by atoms with Gasteiger partial charge in [-0.2, -0.15) is 0 Å². The van der Waals surface area contributed by atoms with Gasteiger partial charge in [-0.05, 0) is 34.4 Å². The summed E-state index contributed by atoms with van der Waals surface area (Å²) in [5.74, 6) is -0.445. The Morgan fingerprint density at radius 1 is 1.06 bits per heavy atom. The third kappa shape index (κ3) is 9.14. The lowest BCUT2D eigenvalue weighted by atomic mass is 10.2. The molecule has 98 valence electrons. The lowest BCUT2D eigenvalue weighted by Crippen LogP contribution is -2.12. The molecule has 0 amide bonds. The molecule has 0 aliphatic heterocycles. The third-order valence-corrected chi connectivity index (χ3v) is 2.30. The fourth-order valence-corrected chi connectivity index (χ4v) is 1.17. The first-order valence-electron chi connectivity index (χ1n) is 5.54. The van der Waals surface area contributed by atoms with Gasteiger partial charge < -0.3 is 9.47 Å². The first-order valence-corrected chi connectivity index (χ1v) is 6.61. The Labute approximate surface area is 116 Å². The van der Waals surface area contributed by atoms with Crippen molar-refractivity contribution in [2.45, 2.75) is 27.7 Å². The van der Waals surface area contributed by atoms with Gasteiger partial charge in [0.2, 0.25) is 0 Å². The van der Waals surface area contributed by atoms with Crippen molar-refractivity contribution in [1.29, 1.82) is 0 Å². The van der Waals surface area contributed by atoms with E-state index in [0.29, 0.717) is 13.2 Å². The number of ether oxygens (including phenoxy) is 2. The first kappa shape index (κ1) is 16.4. The molecule has 4 nitrogen and oxygen atoms in total. The molecule has 0 rings (SSSR count). The van der Waals surface area contributed by atoms with E-state index in [9.17, 15) is 9.59 Å². The van der Waals surface area contributed by atoms with Crippen molar-refractivity contribution in [1.82, 2.24) is 0 Å². The zero-order chi connectivity index (χ0) is 13.4. The van der Waals surface area contributed by atoms with Crippen LogP contribution >= 0.6 is 22.6 Å². The summed E-state index contributed by atoms with van der Waals surface area (Å²) in [4.78, 5) is 22.7. The molecule has 0 aromatic heterocycles. The van der Waals surface area contributed by atoms with Crippen LogP contribution in [0.2, 0.25) is 0 Å². The fourth-order valence-electron chi connectivity index (χ4n) is 0.764. The summed E-state index contributed by atoms with van der Waals surface area (Å²) in [6.07, 6.45) is 1.16. The molecule has 0 aromatic rings. The summed E-state index contributed by atoms with van der Waals surface area (Å²) < 4.78 is 10.1. The van der Waals surface area contributed by atoms with Gasteiger partial charge in [0.1, 0.15) is 3.58 Å². The number of esters is 2. The summed E-state index contributed by atoms with van der Waals surface area (Å²) in [5.41, 5.74) is 0. The Kier molecular flexibility index (Phi) is 8.20. The molecule has 0 saturated carbocycles. The van der Waals surface area contributed by atoms with Crippen LogP contribution in [0, 0.1) is 11.8 Å². The molecular formula is C12H19IO4. The van der Waals surface area contributed by atoms with Crippen LogP contribution in [-0.4, -0.2) is 25.2 Å². The van der Waals surface area contributed by atoms with Crippen LogP contribution in [0.5, 0.6) is 0 Å². The van der Waals surface area contributed by atoms with Gasteiger partial charge >= 0.3 is 11.9 Å². The minimum atomic E-state index is -0.510. The smallest absolute Gasteiger partial charge is 0.344 e. The van der Waals surface area contributed by atoms with Gasteiger partial charge in [-0.3, -0.25) is 0 Å². The van der Waals surface area contributed by atoms with Gasteiger partial charge in [-0.25, -0.2) is 9.59 Å². The Morgan fingerprint density at radius 3 is 2.00 bits per heavy atom. The van der Waals surface area contributed by atoms with Gasteiger partial charge in [0, 0.05) is 6.08 Å². The summed E-state index contributed by atoms with van der Waals surface area (Å²) in [7, 11) is 0. The molecule has 0 aliphatic carbocycles. The monoisotopic (exact) mass is 354 g/mol. The van der Waals surface area contributed by atoms with E-state index in [1.807, 2.05) is 27.7 Å². The Balaban J connectivity index is 4.14. The molecule has 0 saturated heterocycles. The van der Waals surface area contributed by atoms with Crippen LogP contribution in [-0.2, 0) is 19.1 Å². The van der Waals surface area contributed by atoms with Crippen molar-refractivity contribution in [3.05, 3.63) is 9.66 Å². The Bertz CT molecular complexity index is 295. The molecule has 5 heteroatoms. The van der Waals surface area contributed by atoms with Gasteiger partial charge in [0.15, 0.2) is 0 Å². The number of hydrogen-bond acceptors (Lipinski definition) is 4. The quantitative estimate of drug-likeness (QED) is 0.418. The molecule has 0 spiro atoms. The lowest BCUT2D eigenvalue weighted by Gasteiger charge is -2.07. The molecular weight excluding hydrogens is 335 g/mol. The Hall–Kier alpha value is -0.590. The second-order valence-corrected chi connectivity index (χ2v) is 5.67. The maximum Gasteiger partial charge on any atom is 0.344 e. The summed E-state index contributed by atoms with van der Waals surface area (Å²) >= 11 is 1.77. The normalized spacial score (nSPS) is 11.8. The van der Waals surface area contributed by atoms with E-state index < -0.39 is 11.9 Å². The van der Waals surface area contributed by atoms with E-state index in [1.54, 1.807) is 22.6 Å². The minimum Gasteiger partial charge on any atom is -0.462 e. The SMILES string of the molecule is CC(C)COC(=O)C=C(I)C(=O)OCC(C)C. The average molecular weight is 354 g/mol. The van der Waals surface area contributed by atoms with E-state index >= 15 is 0 Å². The number of carbonyl (C=O) groups is 2. The molecule has 0 bridgehead atoms. The second kappa shape index (κ2) is 8.49. The van der Waals surface area contributed by atoms with E-state index in [-0.39, 0.29) is 15.4 Å². The second-order valence-electron chi connectivity index (χ2n) is 4.51. The molecule has 0 unspecified atom stereocenters. The molecule has 0 fully saturated rings. The standard InChI is InChI=1S/C12H19IO4/c1-8(2)6-16-11(14)5-10(13)12(15)17-7-9(3)4/h5,8-9H,6-7H2,1-4H3. The molecule has 0 radical (unpaired) electrons. The van der Waals surface area contributed by atoms with Crippen molar-refractivity contribution in [2.75, 3.05) is 13.2 Å². The molecule has 17 heavy (non-hydrogen) atoms. The van der Waals surface area contributed by atoms with Crippen LogP contribution < -0.4 is 0 Å². The highest BCUT2D eigenvalue weighted by atomic mass is 127. The van der Waals surface area contributed by atoms with Crippen LogP contribution in [0.4, 0.5) is 0 Å². The van der Waals surface area contributed by atoms with Gasteiger partial charge in [0.25, 0.3) is 0 Å². The van der Waals surface area contributed by atoms with Crippen molar-refractivity contribution in [3.63, 3.8) is 0 Å². The van der Waals surface area contributed by atoms with Crippen molar-refractivity contribution >= 4 is 34.5 Å². The topological polar surface area (TPSA) is 52.6 Å². The predicted molar refractivity (Wildman–Crippen MR) is 73.7 cm³/mol. The Morgan fingerprint density at radius 2 is 1.53 bits per heavy atom. The maximum atomic E-state index is 11.4. The summed E-state index contributed by atoms with van der Waals surface area (Å²) in [5, 5.41) is 0. The molecule has 0 heterocycles. The highest BCUT2D eigenvalue weighted by molar-refractivity contribution is 14.1. The molecule has 0 N–H and O–H groups in total. The summed E-state index contributed by atoms with van der Waals surface area (Å²) in [6.45, 7) is 8.47. The first-order chi connectivity index (χ1) is 7.82. The number of rotatable bonds is 6. The van der Waals surface area contributed by atoms with Crippen LogP contribution in [0.3, 0.4) is 0 Å². The van der Waals surface area contributed by atoms with E-state index in [1.165, 1.54) is 0 Å². The number of carbonyl (C=O) groups excluding carboxylic acids is 2. The zero-order valence-corrected chi connectivity index (χ0v) is 12.8. The zero-order valence-electron chi connectivity index (χ0n) is 10.7. The fraction of sp³-hybridized carbons (Fsp3) is 0.667. The van der Waals surface area contributed by atoms with E-state index in [0.717, 1.165) is 6.08 Å². The van der Waals surface area contributed by atoms with Gasteiger partial charge in [-0.15, -0.1) is 0 Å². The third-order valence-electron chi connectivity index (χ3n) is 1.55. The maximum absolute atomic E-state index is 11.4. The van der Waals surface area contributed by atoms with Crippen molar-refractivity contribution in [3.8, 4) is 0 Å². The minimum absolute atomic E-state index is 0.233. The molecule has 0 atom stereocenters. The number of halogens is 1. The highest BCUT2D eigenvalue weighted by Gasteiger charge is 2.11. The summed E-state index contributed by atoms with van der Waals surface area (Å²) in [6, 6.07) is 0. The van der Waals surface area contributed by atoms with Crippen molar-refractivity contribution < 1.29 is 19.1 Å². The van der Waals surface area contributed by atoms with E-state index in [4.69, 9.17) is 9.47 Å². The van der Waals surface area contributed by atoms with Crippen LogP contribution in [0.15, 0.2) is 9.66 Å². The largest absolute Gasteiger partial charge is 0.462 e. The number of hydrogen-bond donors (Lipinski definition) is 0. The van der Waals surface area contributed by atoms with Crippen LogP contribution in [0.1, 0.15) is 27.7 Å². The average Bonchev–Trinajstić information content (AvgIpc) is 2.22. The van der Waals surface area contributed by atoms with E-state index in [2.05, 4.69) is 0 Å². The predicted octanol–water partition coefficient (Wildman–Crippen LogP) is 2.70. The molecule has 0 aliphatic rings. The van der Waals surface area contributed by atoms with Crippen molar-refractivity contribution in [2.24, 2.45) is 11.8 Å². The lowest BCUT2D eigenvalue weighted by molar-refractivity contribution is -0.141. The highest BCUT2D eigenvalue weighted by Crippen LogP contribution is 2.10. The molecule has 0 aromatic carbocycles. The van der Waals surface area contributed by atoms with Gasteiger partial charge in [-0.1, -0.05) is 27.7 Å². The van der Waals surface area contributed by atoms with Crippen LogP contribution in [0.25, 0.3) is 0 Å².